The number of amides is 1. The molecule has 6 rings (SSSR count). The van der Waals surface area contributed by atoms with E-state index in [4.69, 9.17) is 4.98 Å². The summed E-state index contributed by atoms with van der Waals surface area (Å²) in [6.07, 6.45) is 5.71. The highest BCUT2D eigenvalue weighted by Crippen LogP contribution is 2.38. The number of carbonyl (C=O) groups excluding carboxylic acids is 1. The SMILES string of the molecule is O=C(c1cnn2ccc(Br)cc12)N1CCc2[nH]cnc2[C@H]1c1nc2ccc(F)cc2s1. The summed E-state index contributed by atoms with van der Waals surface area (Å²) >= 11 is 4.85. The molecule has 0 saturated heterocycles. The number of nitrogens with zero attached hydrogens (tertiary/aromatic N) is 5. The summed E-state index contributed by atoms with van der Waals surface area (Å²) in [7, 11) is 0. The molecule has 154 valence electrons. The summed E-state index contributed by atoms with van der Waals surface area (Å²) in [5.74, 6) is -0.450. The Balaban J connectivity index is 1.49. The minimum atomic E-state index is -0.454. The Kier molecular flexibility index (Phi) is 4.19. The molecular weight excluding hydrogens is 483 g/mol. The Morgan fingerprint density at radius 2 is 2.19 bits per heavy atom. The number of thiazole rings is 1. The zero-order chi connectivity index (χ0) is 21.1. The van der Waals surface area contributed by atoms with Crippen molar-refractivity contribution in [2.24, 2.45) is 0 Å². The van der Waals surface area contributed by atoms with E-state index in [0.717, 1.165) is 26.1 Å². The third-order valence-corrected chi connectivity index (χ3v) is 7.06. The fourth-order valence-electron chi connectivity index (χ4n) is 4.05. The van der Waals surface area contributed by atoms with E-state index in [1.807, 2.05) is 12.1 Å². The molecule has 1 aliphatic heterocycles. The van der Waals surface area contributed by atoms with Gasteiger partial charge in [0.05, 0.1) is 39.5 Å². The highest BCUT2D eigenvalue weighted by molar-refractivity contribution is 9.10. The first kappa shape index (κ1) is 18.6. The van der Waals surface area contributed by atoms with Gasteiger partial charge in [-0.15, -0.1) is 11.3 Å². The molecule has 0 aliphatic carbocycles. The van der Waals surface area contributed by atoms with Gasteiger partial charge in [-0.2, -0.15) is 5.10 Å². The number of pyridine rings is 1. The van der Waals surface area contributed by atoms with Crippen molar-refractivity contribution in [3.63, 3.8) is 0 Å². The summed E-state index contributed by atoms with van der Waals surface area (Å²) < 4.78 is 17.0. The van der Waals surface area contributed by atoms with Crippen molar-refractivity contribution in [3.05, 3.63) is 81.3 Å². The third-order valence-electron chi connectivity index (χ3n) is 5.50. The van der Waals surface area contributed by atoms with Crippen LogP contribution in [0.2, 0.25) is 0 Å². The quantitative estimate of drug-likeness (QED) is 0.393. The van der Waals surface area contributed by atoms with E-state index >= 15 is 0 Å². The van der Waals surface area contributed by atoms with Crippen LogP contribution in [-0.4, -0.2) is 41.9 Å². The molecule has 1 N–H and O–H groups in total. The molecular formula is C21H14BrFN6OS. The molecule has 0 unspecified atom stereocenters. The van der Waals surface area contributed by atoms with Crippen LogP contribution in [0.5, 0.6) is 0 Å². The molecule has 7 nitrogen and oxygen atoms in total. The number of aromatic amines is 1. The Morgan fingerprint density at radius 1 is 1.29 bits per heavy atom. The van der Waals surface area contributed by atoms with Gasteiger partial charge in [0, 0.05) is 29.3 Å². The van der Waals surface area contributed by atoms with E-state index in [2.05, 4.69) is 31.0 Å². The van der Waals surface area contributed by atoms with Crippen LogP contribution >= 0.6 is 27.3 Å². The number of rotatable bonds is 2. The number of aromatic nitrogens is 5. The minimum absolute atomic E-state index is 0.141. The second-order valence-corrected chi connectivity index (χ2v) is 9.29. The molecule has 1 aromatic carbocycles. The van der Waals surface area contributed by atoms with Gasteiger partial charge in [0.1, 0.15) is 16.9 Å². The molecule has 5 heterocycles. The lowest BCUT2D eigenvalue weighted by Gasteiger charge is -2.33. The number of hydrogen-bond donors (Lipinski definition) is 1. The standard InChI is InChI=1S/C21H14BrFN6OS/c22-11-3-6-29-16(7-11)13(9-26-29)21(30)28-5-4-15-18(25-10-24-15)19(28)20-27-14-2-1-12(23)8-17(14)31-20/h1-3,6-10,19H,4-5H2,(H,24,25)/t19-/m0/s1. The van der Waals surface area contributed by atoms with Crippen LogP contribution in [0.15, 0.2) is 53.5 Å². The first-order chi connectivity index (χ1) is 15.1. The van der Waals surface area contributed by atoms with Crippen LogP contribution in [0.3, 0.4) is 0 Å². The number of fused-ring (bicyclic) bond motifs is 3. The molecule has 1 aliphatic rings. The number of halogens is 2. The van der Waals surface area contributed by atoms with E-state index in [0.29, 0.717) is 29.1 Å². The molecule has 31 heavy (non-hydrogen) atoms. The molecule has 10 heteroatoms. The maximum absolute atomic E-state index is 13.7. The maximum atomic E-state index is 13.7. The third kappa shape index (κ3) is 2.97. The fraction of sp³-hybridized carbons (Fsp3) is 0.143. The zero-order valence-electron chi connectivity index (χ0n) is 15.9. The molecule has 5 aromatic rings. The van der Waals surface area contributed by atoms with Crippen molar-refractivity contribution in [3.8, 4) is 0 Å². The van der Waals surface area contributed by atoms with E-state index in [1.165, 1.54) is 23.5 Å². The van der Waals surface area contributed by atoms with Gasteiger partial charge < -0.3 is 9.88 Å². The van der Waals surface area contributed by atoms with E-state index in [9.17, 15) is 9.18 Å². The van der Waals surface area contributed by atoms with Crippen LogP contribution in [0.1, 0.15) is 32.8 Å². The smallest absolute Gasteiger partial charge is 0.258 e. The van der Waals surface area contributed by atoms with Crippen molar-refractivity contribution >= 4 is 48.9 Å². The fourth-order valence-corrected chi connectivity index (χ4v) is 5.50. The Hall–Kier alpha value is -3.11. The number of carbonyl (C=O) groups is 1. The van der Waals surface area contributed by atoms with Crippen molar-refractivity contribution in [2.45, 2.75) is 12.5 Å². The van der Waals surface area contributed by atoms with E-state index in [-0.39, 0.29) is 11.7 Å². The van der Waals surface area contributed by atoms with Crippen molar-refractivity contribution in [1.82, 2.24) is 29.5 Å². The molecule has 0 spiro atoms. The first-order valence-corrected chi connectivity index (χ1v) is 11.2. The van der Waals surface area contributed by atoms with Gasteiger partial charge in [0.25, 0.3) is 5.91 Å². The summed E-state index contributed by atoms with van der Waals surface area (Å²) in [6, 6.07) is 7.82. The lowest BCUT2D eigenvalue weighted by molar-refractivity contribution is 0.0692. The van der Waals surface area contributed by atoms with E-state index in [1.54, 1.807) is 34.2 Å². The number of nitrogens with one attached hydrogen (secondary N) is 1. The van der Waals surface area contributed by atoms with Gasteiger partial charge in [-0.25, -0.2) is 18.9 Å². The number of imidazole rings is 1. The molecule has 1 amide bonds. The number of benzene rings is 1. The van der Waals surface area contributed by atoms with E-state index < -0.39 is 6.04 Å². The van der Waals surface area contributed by atoms with Crippen molar-refractivity contribution in [2.75, 3.05) is 6.54 Å². The minimum Gasteiger partial charge on any atom is -0.348 e. The molecule has 1 atom stereocenters. The average molecular weight is 497 g/mol. The van der Waals surface area contributed by atoms with Crippen LogP contribution in [0, 0.1) is 5.82 Å². The second-order valence-electron chi connectivity index (χ2n) is 7.31. The predicted molar refractivity (Wildman–Crippen MR) is 118 cm³/mol. The Morgan fingerprint density at radius 3 is 3.10 bits per heavy atom. The number of H-pyrrole nitrogens is 1. The summed E-state index contributed by atoms with van der Waals surface area (Å²) in [5, 5.41) is 5.03. The molecule has 0 bridgehead atoms. The van der Waals surface area contributed by atoms with Crippen LogP contribution in [-0.2, 0) is 6.42 Å². The van der Waals surface area contributed by atoms with Gasteiger partial charge in [0.15, 0.2) is 0 Å². The molecule has 0 radical (unpaired) electrons. The molecule has 4 aromatic heterocycles. The van der Waals surface area contributed by atoms with Crippen molar-refractivity contribution < 1.29 is 9.18 Å². The highest BCUT2D eigenvalue weighted by Gasteiger charge is 2.37. The van der Waals surface area contributed by atoms with Gasteiger partial charge in [-0.05, 0) is 30.3 Å². The zero-order valence-corrected chi connectivity index (χ0v) is 18.3. The van der Waals surface area contributed by atoms with Gasteiger partial charge >= 0.3 is 0 Å². The summed E-state index contributed by atoms with van der Waals surface area (Å²) in [6.45, 7) is 0.508. The first-order valence-electron chi connectivity index (χ1n) is 9.60. The van der Waals surface area contributed by atoms with Gasteiger partial charge in [0.2, 0.25) is 0 Å². The lowest BCUT2D eigenvalue weighted by Crippen LogP contribution is -2.40. The van der Waals surface area contributed by atoms with Gasteiger partial charge in [-0.1, -0.05) is 15.9 Å². The van der Waals surface area contributed by atoms with Crippen LogP contribution in [0.25, 0.3) is 15.7 Å². The molecule has 0 fully saturated rings. The second kappa shape index (κ2) is 6.96. The summed E-state index contributed by atoms with van der Waals surface area (Å²) in [4.78, 5) is 27.9. The Bertz CT molecular complexity index is 1470. The predicted octanol–water partition coefficient (Wildman–Crippen LogP) is 4.36. The van der Waals surface area contributed by atoms with Gasteiger partial charge in [-0.3, -0.25) is 4.79 Å². The van der Waals surface area contributed by atoms with Crippen LogP contribution < -0.4 is 0 Å². The summed E-state index contributed by atoms with van der Waals surface area (Å²) in [5.41, 5.74) is 3.70. The number of hydrogen-bond acceptors (Lipinski definition) is 5. The van der Waals surface area contributed by atoms with Crippen LogP contribution in [0.4, 0.5) is 4.39 Å². The topological polar surface area (TPSA) is 79.2 Å². The lowest BCUT2D eigenvalue weighted by atomic mass is 10.0. The normalized spacial score (nSPS) is 16.2. The average Bonchev–Trinajstić information content (AvgIpc) is 3.49. The maximum Gasteiger partial charge on any atom is 0.258 e. The monoisotopic (exact) mass is 496 g/mol. The molecule has 0 saturated carbocycles. The van der Waals surface area contributed by atoms with Crippen molar-refractivity contribution in [1.29, 1.82) is 0 Å². The highest BCUT2D eigenvalue weighted by atomic mass is 79.9. The largest absolute Gasteiger partial charge is 0.348 e. The Labute approximate surface area is 187 Å².